The van der Waals surface area contributed by atoms with Crippen molar-refractivity contribution in [3.63, 3.8) is 0 Å². The Morgan fingerprint density at radius 1 is 0.556 bits per heavy atom. The lowest BCUT2D eigenvalue weighted by Gasteiger charge is -2.48. The first-order valence-corrected chi connectivity index (χ1v) is 11.2. The summed E-state index contributed by atoms with van der Waals surface area (Å²) in [6.07, 6.45) is -28.1. The summed E-state index contributed by atoms with van der Waals surface area (Å²) in [4.78, 5) is 0. The number of hydrogen-bond acceptors (Lipinski definition) is 17. The molecule has 3 heterocycles. The highest BCUT2D eigenvalue weighted by molar-refractivity contribution is 4.97. The van der Waals surface area contributed by atoms with Crippen LogP contribution < -0.4 is 0 Å². The molecule has 16 atom stereocenters. The fourth-order valence-electron chi connectivity index (χ4n) is 4.27. The Morgan fingerprint density at radius 3 is 1.61 bits per heavy atom. The quantitative estimate of drug-likeness (QED) is 0.138. The molecule has 17 nitrogen and oxygen atoms in total. The van der Waals surface area contributed by atoms with Crippen molar-refractivity contribution in [1.29, 1.82) is 0 Å². The molecule has 17 heteroatoms. The monoisotopic (exact) mass is 534 g/mol. The van der Waals surface area contributed by atoms with E-state index in [0.29, 0.717) is 0 Å². The van der Waals surface area contributed by atoms with Gasteiger partial charge in [0.25, 0.3) is 0 Å². The zero-order chi connectivity index (χ0) is 26.9. The summed E-state index contributed by atoms with van der Waals surface area (Å²) in [5.74, 6) is 0. The van der Waals surface area contributed by atoms with Gasteiger partial charge in [0.05, 0.1) is 19.8 Å². The van der Waals surface area contributed by atoms with Gasteiger partial charge in [-0.05, 0) is 0 Å². The molecular weight excluding hydrogens is 500 g/mol. The van der Waals surface area contributed by atoms with Crippen LogP contribution >= 0.6 is 0 Å². The Bertz CT molecular complexity index is 682. The molecule has 0 saturated carbocycles. The van der Waals surface area contributed by atoms with Crippen LogP contribution in [0.25, 0.3) is 0 Å². The van der Waals surface area contributed by atoms with Crippen LogP contribution in [0.1, 0.15) is 0 Å². The minimum absolute atomic E-state index is 0.760. The van der Waals surface area contributed by atoms with E-state index in [9.17, 15) is 61.3 Å². The maximum Gasteiger partial charge on any atom is 0.187 e. The van der Waals surface area contributed by atoms with Gasteiger partial charge in [-0.3, -0.25) is 0 Å². The number of hydrogen-bond donors (Lipinski definition) is 12. The van der Waals surface area contributed by atoms with Gasteiger partial charge >= 0.3 is 0 Å². The fraction of sp³-hybridized carbons (Fsp3) is 1.00. The van der Waals surface area contributed by atoms with E-state index in [1.807, 2.05) is 0 Å². The van der Waals surface area contributed by atoms with Crippen LogP contribution in [0.5, 0.6) is 0 Å². The average molecular weight is 534 g/mol. The predicted molar refractivity (Wildman–Crippen MR) is 107 cm³/mol. The first-order valence-electron chi connectivity index (χ1n) is 11.2. The molecule has 0 aromatic rings. The van der Waals surface area contributed by atoms with Crippen LogP contribution in [0.15, 0.2) is 0 Å². The third-order valence-electron chi connectivity index (χ3n) is 6.42. The highest BCUT2D eigenvalue weighted by Crippen LogP contribution is 2.32. The molecular formula is C19H34O17. The summed E-state index contributed by atoms with van der Waals surface area (Å²) < 4.78 is 26.5. The number of aliphatic hydroxyl groups excluding tert-OH is 12. The lowest BCUT2D eigenvalue weighted by molar-refractivity contribution is -0.380. The van der Waals surface area contributed by atoms with E-state index in [1.54, 1.807) is 0 Å². The minimum atomic E-state index is -1.98. The summed E-state index contributed by atoms with van der Waals surface area (Å²) in [5.41, 5.74) is 0. The first-order chi connectivity index (χ1) is 17.0. The highest BCUT2D eigenvalue weighted by Gasteiger charge is 2.54. The standard InChI is InChI=1S/C19H34O17/c20-1-4(23)14-16(9(26)11(28)17(31)34-14)36-19-13(30)10(27)15(6(3-22)33-19)35-18-12(29)8(25)7(24)5(2-21)32-18/h4-31H,1-3H2/t4-,5+,6+,7+,8-,9+,10+,11-,12+,13+,14+,15+,16-,17-,18+,19-/m0/s1. The molecule has 0 spiro atoms. The minimum Gasteiger partial charge on any atom is -0.394 e. The van der Waals surface area contributed by atoms with Crippen molar-refractivity contribution < 1.29 is 85.0 Å². The normalized spacial score (nSPS) is 51.2. The van der Waals surface area contributed by atoms with Crippen molar-refractivity contribution in [2.75, 3.05) is 19.8 Å². The highest BCUT2D eigenvalue weighted by atomic mass is 16.8. The second-order valence-electron chi connectivity index (χ2n) is 8.83. The van der Waals surface area contributed by atoms with Crippen LogP contribution in [-0.4, -0.2) is 179 Å². The molecule has 3 aliphatic heterocycles. The Kier molecular flexibility index (Phi) is 10.3. The molecule has 0 unspecified atom stereocenters. The molecule has 0 aliphatic carbocycles. The van der Waals surface area contributed by atoms with Gasteiger partial charge < -0.3 is 85.0 Å². The Balaban J connectivity index is 1.75. The van der Waals surface area contributed by atoms with E-state index in [1.165, 1.54) is 0 Å². The number of aliphatic hydroxyl groups is 12. The van der Waals surface area contributed by atoms with Gasteiger partial charge in [-0.2, -0.15) is 0 Å². The molecule has 0 radical (unpaired) electrons. The van der Waals surface area contributed by atoms with E-state index in [-0.39, 0.29) is 0 Å². The van der Waals surface area contributed by atoms with Gasteiger partial charge in [-0.1, -0.05) is 0 Å². The summed E-state index contributed by atoms with van der Waals surface area (Å²) in [7, 11) is 0. The summed E-state index contributed by atoms with van der Waals surface area (Å²) >= 11 is 0. The van der Waals surface area contributed by atoms with Crippen molar-refractivity contribution in [2.24, 2.45) is 0 Å². The summed E-state index contributed by atoms with van der Waals surface area (Å²) in [5, 5.41) is 119. The van der Waals surface area contributed by atoms with Gasteiger partial charge in [0, 0.05) is 0 Å². The predicted octanol–water partition coefficient (Wildman–Crippen LogP) is -8.21. The SMILES string of the molecule is OC[C@H](O)[C@H]1O[C@H](O)[C@@H](O)[C@@H](O)[C@@H]1O[C@@H]1O[C@H](CO)[C@@H](O[C@H]2O[C@H](CO)[C@@H](O)[C@H](O)[C@H]2O)[C@H](O)[C@H]1O. The molecule has 0 bridgehead atoms. The second kappa shape index (κ2) is 12.5. The molecule has 0 amide bonds. The van der Waals surface area contributed by atoms with Gasteiger partial charge in [-0.15, -0.1) is 0 Å². The Labute approximate surface area is 203 Å². The maximum atomic E-state index is 10.7. The lowest BCUT2D eigenvalue weighted by Crippen LogP contribution is -2.67. The molecule has 12 N–H and O–H groups in total. The fourth-order valence-corrected chi connectivity index (χ4v) is 4.27. The Morgan fingerprint density at radius 2 is 1.06 bits per heavy atom. The van der Waals surface area contributed by atoms with E-state index in [0.717, 1.165) is 0 Å². The topological polar surface area (TPSA) is 289 Å². The van der Waals surface area contributed by atoms with Crippen LogP contribution in [0.4, 0.5) is 0 Å². The van der Waals surface area contributed by atoms with Crippen LogP contribution in [0.2, 0.25) is 0 Å². The van der Waals surface area contributed by atoms with Crippen molar-refractivity contribution in [2.45, 2.75) is 98.2 Å². The van der Waals surface area contributed by atoms with Crippen molar-refractivity contribution in [3.05, 3.63) is 0 Å². The number of rotatable bonds is 8. The van der Waals surface area contributed by atoms with Gasteiger partial charge in [0.15, 0.2) is 18.9 Å². The smallest absolute Gasteiger partial charge is 0.187 e. The summed E-state index contributed by atoms with van der Waals surface area (Å²) in [6.45, 7) is -2.52. The van der Waals surface area contributed by atoms with E-state index < -0.39 is 118 Å². The second-order valence-corrected chi connectivity index (χ2v) is 8.83. The van der Waals surface area contributed by atoms with E-state index >= 15 is 0 Å². The molecule has 36 heavy (non-hydrogen) atoms. The molecule has 0 aromatic heterocycles. The number of ether oxygens (including phenoxy) is 5. The lowest BCUT2D eigenvalue weighted by atomic mass is 9.94. The average Bonchev–Trinajstić information content (AvgIpc) is 2.87. The maximum absolute atomic E-state index is 10.7. The molecule has 0 aromatic carbocycles. The molecule has 3 aliphatic rings. The molecule has 3 saturated heterocycles. The molecule has 3 rings (SSSR count). The van der Waals surface area contributed by atoms with Gasteiger partial charge in [-0.25, -0.2) is 0 Å². The molecule has 212 valence electrons. The third-order valence-corrected chi connectivity index (χ3v) is 6.42. The first kappa shape index (κ1) is 29.9. The van der Waals surface area contributed by atoms with Gasteiger partial charge in [0.2, 0.25) is 0 Å². The zero-order valence-electron chi connectivity index (χ0n) is 18.8. The van der Waals surface area contributed by atoms with E-state index in [4.69, 9.17) is 23.7 Å². The summed E-state index contributed by atoms with van der Waals surface area (Å²) in [6, 6.07) is 0. The third kappa shape index (κ3) is 5.82. The van der Waals surface area contributed by atoms with Gasteiger partial charge in [0.1, 0.15) is 79.4 Å². The largest absolute Gasteiger partial charge is 0.394 e. The van der Waals surface area contributed by atoms with Crippen molar-refractivity contribution in [3.8, 4) is 0 Å². The van der Waals surface area contributed by atoms with E-state index in [2.05, 4.69) is 0 Å². The van der Waals surface area contributed by atoms with Crippen LogP contribution in [0.3, 0.4) is 0 Å². The molecule has 3 fully saturated rings. The van der Waals surface area contributed by atoms with Crippen LogP contribution in [0, 0.1) is 0 Å². The van der Waals surface area contributed by atoms with Crippen LogP contribution in [-0.2, 0) is 23.7 Å². The zero-order valence-corrected chi connectivity index (χ0v) is 18.8. The van der Waals surface area contributed by atoms with Crippen molar-refractivity contribution in [1.82, 2.24) is 0 Å². The van der Waals surface area contributed by atoms with Crippen molar-refractivity contribution >= 4 is 0 Å². The Hall–Kier alpha value is -0.680.